The molecule has 0 heterocycles. The fourth-order valence-corrected chi connectivity index (χ4v) is 1.71. The number of ketones is 1. The second-order valence-electron chi connectivity index (χ2n) is 4.27. The highest BCUT2D eigenvalue weighted by atomic mass is 16.1. The van der Waals surface area contributed by atoms with Gasteiger partial charge in [0, 0.05) is 25.5 Å². The second kappa shape index (κ2) is 6.18. The number of rotatable bonds is 5. The van der Waals surface area contributed by atoms with E-state index >= 15 is 0 Å². The summed E-state index contributed by atoms with van der Waals surface area (Å²) in [5.74, 6) is 0.105. The van der Waals surface area contributed by atoms with Crippen molar-refractivity contribution in [1.82, 2.24) is 5.32 Å². The van der Waals surface area contributed by atoms with Crippen molar-refractivity contribution in [1.29, 1.82) is 0 Å². The van der Waals surface area contributed by atoms with Gasteiger partial charge in [0.05, 0.1) is 0 Å². The number of Topliss-reactive ketones (excluding diaryl/α,β-unsaturated/α-hetero) is 1. The summed E-state index contributed by atoms with van der Waals surface area (Å²) in [5.41, 5.74) is 2.87. The summed E-state index contributed by atoms with van der Waals surface area (Å²) in [6.45, 7) is 3.91. The fraction of sp³-hybridized carbons (Fsp3) is 0.429. The van der Waals surface area contributed by atoms with E-state index in [4.69, 9.17) is 0 Å². The molecule has 0 aromatic heterocycles. The molecule has 0 atom stereocenters. The molecule has 0 spiro atoms. The maximum absolute atomic E-state index is 12.0. The third-order valence-electron chi connectivity index (χ3n) is 2.78. The Balaban J connectivity index is 2.58. The smallest absolute Gasteiger partial charge is 0.219 e. The lowest BCUT2D eigenvalue weighted by molar-refractivity contribution is -0.120. The topological polar surface area (TPSA) is 46.2 Å². The normalized spacial score (nSPS) is 10.1. The summed E-state index contributed by atoms with van der Waals surface area (Å²) in [6.07, 6.45) is 1.44. The molecule has 0 aliphatic rings. The fourth-order valence-electron chi connectivity index (χ4n) is 1.71. The maximum Gasteiger partial charge on any atom is 0.219 e. The van der Waals surface area contributed by atoms with E-state index in [9.17, 15) is 9.59 Å². The average molecular weight is 233 g/mol. The van der Waals surface area contributed by atoms with Crippen LogP contribution >= 0.6 is 0 Å². The molecule has 0 bridgehead atoms. The molecule has 3 heteroatoms. The molecular weight excluding hydrogens is 214 g/mol. The Morgan fingerprint density at radius 2 is 1.88 bits per heavy atom. The lowest BCUT2D eigenvalue weighted by atomic mass is 9.99. The van der Waals surface area contributed by atoms with Gasteiger partial charge in [0.1, 0.15) is 0 Å². The van der Waals surface area contributed by atoms with Crippen LogP contribution in [0.4, 0.5) is 0 Å². The highest BCUT2D eigenvalue weighted by molar-refractivity contribution is 5.97. The van der Waals surface area contributed by atoms with Crippen molar-refractivity contribution in [3.8, 4) is 0 Å². The molecule has 0 saturated carbocycles. The van der Waals surface area contributed by atoms with Crippen molar-refractivity contribution < 1.29 is 9.59 Å². The zero-order chi connectivity index (χ0) is 12.8. The Kier molecular flexibility index (Phi) is 4.88. The summed E-state index contributed by atoms with van der Waals surface area (Å²) in [5, 5.41) is 2.55. The molecule has 0 aliphatic carbocycles. The van der Waals surface area contributed by atoms with Gasteiger partial charge in [0.15, 0.2) is 5.78 Å². The van der Waals surface area contributed by atoms with Crippen LogP contribution in [0.5, 0.6) is 0 Å². The minimum Gasteiger partial charge on any atom is -0.359 e. The molecule has 1 aromatic carbocycles. The van der Waals surface area contributed by atoms with E-state index < -0.39 is 0 Å². The van der Waals surface area contributed by atoms with E-state index in [1.807, 2.05) is 32.0 Å². The zero-order valence-corrected chi connectivity index (χ0v) is 10.7. The Hall–Kier alpha value is -1.64. The minimum atomic E-state index is -0.0150. The van der Waals surface area contributed by atoms with Gasteiger partial charge < -0.3 is 5.32 Å². The number of aryl methyl sites for hydroxylation is 2. The lowest BCUT2D eigenvalue weighted by Gasteiger charge is -2.06. The summed E-state index contributed by atoms with van der Waals surface area (Å²) >= 11 is 0. The van der Waals surface area contributed by atoms with E-state index in [1.165, 1.54) is 0 Å². The molecule has 1 N–H and O–H groups in total. The van der Waals surface area contributed by atoms with Crippen LogP contribution in [-0.2, 0) is 4.79 Å². The number of hydrogen-bond acceptors (Lipinski definition) is 2. The molecule has 0 saturated heterocycles. The van der Waals surface area contributed by atoms with Crippen LogP contribution in [0, 0.1) is 13.8 Å². The van der Waals surface area contributed by atoms with Gasteiger partial charge in [0.25, 0.3) is 0 Å². The van der Waals surface area contributed by atoms with Crippen LogP contribution in [0.2, 0.25) is 0 Å². The minimum absolute atomic E-state index is 0.0150. The van der Waals surface area contributed by atoms with Gasteiger partial charge in [-0.3, -0.25) is 9.59 Å². The van der Waals surface area contributed by atoms with Crippen molar-refractivity contribution in [2.45, 2.75) is 33.1 Å². The highest BCUT2D eigenvalue weighted by Crippen LogP contribution is 2.14. The first-order valence-electron chi connectivity index (χ1n) is 5.85. The molecule has 92 valence electrons. The number of carbonyl (C=O) groups is 2. The molecule has 0 unspecified atom stereocenters. The molecule has 1 aromatic rings. The molecule has 0 fully saturated rings. The standard InChI is InChI=1S/C14H19NO2/c1-10-7-8-11(2)12(9-10)13(16)5-4-6-14(17)15-3/h7-9H,4-6H2,1-3H3,(H,15,17). The molecule has 17 heavy (non-hydrogen) atoms. The van der Waals surface area contributed by atoms with Crippen LogP contribution in [0.15, 0.2) is 18.2 Å². The van der Waals surface area contributed by atoms with E-state index in [-0.39, 0.29) is 11.7 Å². The molecule has 0 radical (unpaired) electrons. The first-order valence-corrected chi connectivity index (χ1v) is 5.85. The Morgan fingerprint density at radius 1 is 1.18 bits per heavy atom. The maximum atomic E-state index is 12.0. The van der Waals surface area contributed by atoms with Gasteiger partial charge >= 0.3 is 0 Å². The number of nitrogens with one attached hydrogen (secondary N) is 1. The molecule has 3 nitrogen and oxygen atoms in total. The quantitative estimate of drug-likeness (QED) is 0.794. The van der Waals surface area contributed by atoms with E-state index in [0.717, 1.165) is 16.7 Å². The molecule has 1 amide bonds. The Bertz CT molecular complexity index is 424. The van der Waals surface area contributed by atoms with E-state index in [1.54, 1.807) is 7.05 Å². The van der Waals surface area contributed by atoms with Crippen LogP contribution in [0.3, 0.4) is 0 Å². The molecule has 0 aliphatic heterocycles. The summed E-state index contributed by atoms with van der Waals surface area (Å²) in [6, 6.07) is 5.87. The van der Waals surface area contributed by atoms with Crippen molar-refractivity contribution >= 4 is 11.7 Å². The number of carbonyl (C=O) groups excluding carboxylic acids is 2. The highest BCUT2D eigenvalue weighted by Gasteiger charge is 2.09. The third-order valence-corrected chi connectivity index (χ3v) is 2.78. The van der Waals surface area contributed by atoms with Gasteiger partial charge in [-0.15, -0.1) is 0 Å². The van der Waals surface area contributed by atoms with Crippen LogP contribution < -0.4 is 5.32 Å². The van der Waals surface area contributed by atoms with Gasteiger partial charge in [-0.25, -0.2) is 0 Å². The van der Waals surface area contributed by atoms with Crippen molar-refractivity contribution in [2.24, 2.45) is 0 Å². The van der Waals surface area contributed by atoms with Crippen molar-refractivity contribution in [3.05, 3.63) is 34.9 Å². The summed E-state index contributed by atoms with van der Waals surface area (Å²) in [7, 11) is 1.61. The SMILES string of the molecule is CNC(=O)CCCC(=O)c1cc(C)ccc1C. The van der Waals surface area contributed by atoms with Crippen LogP contribution in [0.1, 0.15) is 40.7 Å². The van der Waals surface area contributed by atoms with Crippen molar-refractivity contribution in [3.63, 3.8) is 0 Å². The Labute approximate surface area is 102 Å². The van der Waals surface area contributed by atoms with Gasteiger partial charge in [-0.2, -0.15) is 0 Å². The van der Waals surface area contributed by atoms with Crippen LogP contribution in [-0.4, -0.2) is 18.7 Å². The predicted octanol–water partition coefficient (Wildman–Crippen LogP) is 2.40. The van der Waals surface area contributed by atoms with Gasteiger partial charge in [-0.1, -0.05) is 17.7 Å². The summed E-state index contributed by atoms with van der Waals surface area (Å²) < 4.78 is 0. The monoisotopic (exact) mass is 233 g/mol. The van der Waals surface area contributed by atoms with Gasteiger partial charge in [0.2, 0.25) is 5.91 Å². The van der Waals surface area contributed by atoms with E-state index in [2.05, 4.69) is 5.32 Å². The Morgan fingerprint density at radius 3 is 2.53 bits per heavy atom. The van der Waals surface area contributed by atoms with Gasteiger partial charge in [-0.05, 0) is 31.9 Å². The van der Waals surface area contributed by atoms with Crippen molar-refractivity contribution in [2.75, 3.05) is 7.05 Å². The summed E-state index contributed by atoms with van der Waals surface area (Å²) in [4.78, 5) is 23.0. The largest absolute Gasteiger partial charge is 0.359 e. The van der Waals surface area contributed by atoms with E-state index in [0.29, 0.717) is 19.3 Å². The lowest BCUT2D eigenvalue weighted by Crippen LogP contribution is -2.17. The second-order valence-corrected chi connectivity index (χ2v) is 4.27. The van der Waals surface area contributed by atoms with Crippen LogP contribution in [0.25, 0.3) is 0 Å². The molecule has 1 rings (SSSR count). The number of amides is 1. The first-order chi connectivity index (χ1) is 8.04. The third kappa shape index (κ3) is 4.02. The average Bonchev–Trinajstić information content (AvgIpc) is 2.31. The number of benzene rings is 1. The molecular formula is C14H19NO2. The predicted molar refractivity (Wildman–Crippen MR) is 68.2 cm³/mol. The zero-order valence-electron chi connectivity index (χ0n) is 10.7. The first kappa shape index (κ1) is 13.4. The number of hydrogen-bond donors (Lipinski definition) is 1.